The Morgan fingerprint density at radius 1 is 1.14 bits per heavy atom. The van der Waals surface area contributed by atoms with Crippen LogP contribution in [-0.4, -0.2) is 48.9 Å². The first kappa shape index (κ1) is 20.2. The van der Waals surface area contributed by atoms with E-state index in [0.717, 1.165) is 21.6 Å². The van der Waals surface area contributed by atoms with Crippen LogP contribution in [0.15, 0.2) is 41.3 Å². The lowest BCUT2D eigenvalue weighted by atomic mass is 10.0. The van der Waals surface area contributed by atoms with E-state index < -0.39 is 20.6 Å². The summed E-state index contributed by atoms with van der Waals surface area (Å²) >= 11 is 0. The van der Waals surface area contributed by atoms with Crippen LogP contribution in [0.2, 0.25) is 0 Å². The van der Waals surface area contributed by atoms with Gasteiger partial charge < -0.3 is 10.0 Å². The Balaban J connectivity index is 1.72. The summed E-state index contributed by atoms with van der Waals surface area (Å²) in [7, 11) is -3.93. The van der Waals surface area contributed by atoms with E-state index in [1.54, 1.807) is 6.07 Å². The number of nitrogens with zero attached hydrogens (tertiary/aromatic N) is 2. The van der Waals surface area contributed by atoms with Crippen molar-refractivity contribution < 1.29 is 23.3 Å². The van der Waals surface area contributed by atoms with Crippen LogP contribution < -0.4 is 4.90 Å². The Kier molecular flexibility index (Phi) is 5.69. The maximum atomic E-state index is 12.9. The summed E-state index contributed by atoms with van der Waals surface area (Å²) in [4.78, 5) is 11.4. The molecule has 2 aromatic carbocycles. The highest BCUT2D eigenvalue weighted by atomic mass is 32.2. The van der Waals surface area contributed by atoms with Crippen LogP contribution in [0.3, 0.4) is 0 Å². The second kappa shape index (κ2) is 7.86. The molecule has 0 unspecified atom stereocenters. The lowest BCUT2D eigenvalue weighted by molar-refractivity contribution is -0.917. The van der Waals surface area contributed by atoms with Crippen LogP contribution in [0.1, 0.15) is 16.7 Å². The fourth-order valence-corrected chi connectivity index (χ4v) is 5.06. The van der Waals surface area contributed by atoms with Gasteiger partial charge in [0.2, 0.25) is 10.0 Å². The number of hydrogen-bond donors (Lipinski definition) is 2. The molecular weight excluding hydrogens is 382 g/mol. The van der Waals surface area contributed by atoms with Crippen molar-refractivity contribution in [2.75, 3.05) is 26.2 Å². The summed E-state index contributed by atoms with van der Waals surface area (Å²) < 4.78 is 27.1. The molecule has 0 aromatic heterocycles. The highest BCUT2D eigenvalue weighted by Crippen LogP contribution is 2.26. The topological polar surface area (TPSA) is 105 Å². The van der Waals surface area contributed by atoms with Gasteiger partial charge in [-0.1, -0.05) is 12.1 Å². The van der Waals surface area contributed by atoms with Crippen molar-refractivity contribution in [3.8, 4) is 5.75 Å². The van der Waals surface area contributed by atoms with Gasteiger partial charge in [-0.15, -0.1) is 0 Å². The van der Waals surface area contributed by atoms with Crippen molar-refractivity contribution in [3.05, 3.63) is 63.2 Å². The minimum absolute atomic E-state index is 0.255. The molecule has 1 fully saturated rings. The number of aryl methyl sites for hydroxylation is 2. The van der Waals surface area contributed by atoms with Crippen LogP contribution in [-0.2, 0) is 16.6 Å². The highest BCUT2D eigenvalue weighted by molar-refractivity contribution is 7.89. The fourth-order valence-electron chi connectivity index (χ4n) is 3.46. The Hall–Kier alpha value is -2.49. The Morgan fingerprint density at radius 2 is 1.75 bits per heavy atom. The zero-order chi connectivity index (χ0) is 20.5. The molecule has 2 aromatic rings. The summed E-state index contributed by atoms with van der Waals surface area (Å²) in [6.45, 7) is 6.21. The minimum Gasteiger partial charge on any atom is -0.507 e. The number of nitrogens with one attached hydrogen (secondary N) is 1. The van der Waals surface area contributed by atoms with E-state index in [1.165, 1.54) is 28.6 Å². The van der Waals surface area contributed by atoms with Crippen molar-refractivity contribution >= 4 is 15.7 Å². The molecule has 0 spiro atoms. The molecule has 150 valence electrons. The first-order chi connectivity index (χ1) is 13.2. The third kappa shape index (κ3) is 4.01. The quantitative estimate of drug-likeness (QED) is 0.569. The highest BCUT2D eigenvalue weighted by Gasteiger charge is 2.34. The molecular formula is C19H24N3O5S+. The smallest absolute Gasteiger partial charge is 0.289 e. The van der Waals surface area contributed by atoms with Gasteiger partial charge in [-0.2, -0.15) is 4.31 Å². The third-order valence-corrected chi connectivity index (χ3v) is 7.19. The van der Waals surface area contributed by atoms with Gasteiger partial charge >= 0.3 is 0 Å². The molecule has 0 amide bonds. The molecule has 0 radical (unpaired) electrons. The molecule has 0 atom stereocenters. The maximum Gasteiger partial charge on any atom is 0.289 e. The zero-order valence-corrected chi connectivity index (χ0v) is 16.7. The van der Waals surface area contributed by atoms with Crippen molar-refractivity contribution in [1.29, 1.82) is 0 Å². The largest absolute Gasteiger partial charge is 0.507 e. The second-order valence-corrected chi connectivity index (χ2v) is 9.03. The van der Waals surface area contributed by atoms with Crippen molar-refractivity contribution in [3.63, 3.8) is 0 Å². The Labute approximate surface area is 164 Å². The molecule has 2 N–H and O–H groups in total. The van der Waals surface area contributed by atoms with E-state index in [4.69, 9.17) is 0 Å². The average molecular weight is 406 g/mol. The van der Waals surface area contributed by atoms with Gasteiger partial charge in [-0.3, -0.25) is 10.1 Å². The number of piperazine rings is 1. The summed E-state index contributed by atoms with van der Waals surface area (Å²) in [5.74, 6) is 0.255. The Morgan fingerprint density at radius 3 is 2.39 bits per heavy atom. The summed E-state index contributed by atoms with van der Waals surface area (Å²) in [6.07, 6.45) is 0. The molecule has 0 bridgehead atoms. The molecule has 3 rings (SSSR count). The number of aromatic hydroxyl groups is 1. The molecule has 8 nitrogen and oxygen atoms in total. The first-order valence-corrected chi connectivity index (χ1v) is 10.5. The molecule has 1 aliphatic heterocycles. The summed E-state index contributed by atoms with van der Waals surface area (Å²) in [6, 6.07) is 9.14. The predicted molar refractivity (Wildman–Crippen MR) is 104 cm³/mol. The van der Waals surface area contributed by atoms with Crippen LogP contribution in [0.25, 0.3) is 0 Å². The normalized spacial score (nSPS) is 16.2. The number of benzene rings is 2. The van der Waals surface area contributed by atoms with Gasteiger partial charge in [-0.05, 0) is 43.2 Å². The van der Waals surface area contributed by atoms with E-state index in [0.29, 0.717) is 19.6 Å². The number of sulfonamides is 1. The summed E-state index contributed by atoms with van der Waals surface area (Å²) in [5.41, 5.74) is 2.56. The standard InChI is InChI=1S/C19H23N3O5S/c1-14-11-16(18(23)12-15(14)2)13-20-7-9-21(10-8-20)28(26,27)19-6-4-3-5-17(19)22(24)25/h3-6,11-12,23H,7-10,13H2,1-2H3/p+1. The van der Waals surface area contributed by atoms with Gasteiger partial charge in [0.15, 0.2) is 4.90 Å². The predicted octanol–water partition coefficient (Wildman–Crippen LogP) is 1.01. The van der Waals surface area contributed by atoms with Crippen LogP contribution in [0, 0.1) is 24.0 Å². The van der Waals surface area contributed by atoms with E-state index in [1.807, 2.05) is 19.9 Å². The van der Waals surface area contributed by atoms with Crippen LogP contribution in [0.5, 0.6) is 5.75 Å². The zero-order valence-electron chi connectivity index (χ0n) is 15.9. The van der Waals surface area contributed by atoms with Gasteiger partial charge in [0.05, 0.1) is 31.1 Å². The van der Waals surface area contributed by atoms with Crippen LogP contribution >= 0.6 is 0 Å². The Bertz CT molecular complexity index is 999. The molecule has 1 heterocycles. The van der Waals surface area contributed by atoms with Crippen LogP contribution in [0.4, 0.5) is 5.69 Å². The minimum atomic E-state index is -3.93. The number of phenolic OH excluding ortho intramolecular Hbond substituents is 1. The van der Waals surface area contributed by atoms with E-state index >= 15 is 0 Å². The fraction of sp³-hybridized carbons (Fsp3) is 0.368. The monoisotopic (exact) mass is 406 g/mol. The van der Waals surface area contributed by atoms with Crippen molar-refractivity contribution in [1.82, 2.24) is 4.31 Å². The molecule has 1 aliphatic rings. The van der Waals surface area contributed by atoms with Crippen molar-refractivity contribution in [2.24, 2.45) is 0 Å². The average Bonchev–Trinajstić information content (AvgIpc) is 2.66. The number of nitro benzene ring substituents is 1. The lowest BCUT2D eigenvalue weighted by Gasteiger charge is -2.31. The molecule has 0 saturated carbocycles. The first-order valence-electron chi connectivity index (χ1n) is 9.06. The summed E-state index contributed by atoms with van der Waals surface area (Å²) in [5, 5.41) is 21.4. The van der Waals surface area contributed by atoms with Crippen molar-refractivity contribution in [2.45, 2.75) is 25.3 Å². The third-order valence-electron chi connectivity index (χ3n) is 5.24. The van der Waals surface area contributed by atoms with E-state index in [-0.39, 0.29) is 23.7 Å². The number of hydrogen-bond acceptors (Lipinski definition) is 5. The number of rotatable bonds is 5. The lowest BCUT2D eigenvalue weighted by Crippen LogP contribution is -3.13. The van der Waals surface area contributed by atoms with Gasteiger partial charge in [0.25, 0.3) is 5.69 Å². The molecule has 1 saturated heterocycles. The molecule has 0 aliphatic carbocycles. The number of nitro groups is 1. The van der Waals surface area contributed by atoms with Gasteiger partial charge in [0.1, 0.15) is 12.3 Å². The molecule has 28 heavy (non-hydrogen) atoms. The number of para-hydroxylation sites is 1. The van der Waals surface area contributed by atoms with Gasteiger partial charge in [-0.25, -0.2) is 8.42 Å². The van der Waals surface area contributed by atoms with E-state index in [9.17, 15) is 23.6 Å². The molecule has 9 heteroatoms. The second-order valence-electron chi connectivity index (χ2n) is 7.12. The number of phenols is 1. The maximum absolute atomic E-state index is 12.9. The van der Waals surface area contributed by atoms with E-state index in [2.05, 4.69) is 0 Å². The van der Waals surface area contributed by atoms with Gasteiger partial charge in [0, 0.05) is 11.6 Å². The SMILES string of the molecule is Cc1cc(O)c(C[NH+]2CCN(S(=O)(=O)c3ccccc3[N+](=O)[O-])CC2)cc1C. The number of quaternary nitrogens is 1.